The summed E-state index contributed by atoms with van der Waals surface area (Å²) >= 11 is 1.74. The molecule has 0 aromatic carbocycles. The van der Waals surface area contributed by atoms with Gasteiger partial charge in [0.25, 0.3) is 0 Å². The molecular formula is C18H33N5S. The van der Waals surface area contributed by atoms with Gasteiger partial charge in [-0.05, 0) is 40.7 Å². The summed E-state index contributed by atoms with van der Waals surface area (Å²) in [5.74, 6) is 0.889. The van der Waals surface area contributed by atoms with Crippen molar-refractivity contribution in [3.05, 3.63) is 15.6 Å². The minimum atomic E-state index is 0.646. The maximum Gasteiger partial charge on any atom is 0.191 e. The van der Waals surface area contributed by atoms with E-state index in [1.165, 1.54) is 37.0 Å². The van der Waals surface area contributed by atoms with Crippen LogP contribution in [0.15, 0.2) is 4.99 Å². The van der Waals surface area contributed by atoms with E-state index in [1.54, 1.807) is 11.3 Å². The molecular weight excluding hydrogens is 318 g/mol. The van der Waals surface area contributed by atoms with Crippen molar-refractivity contribution in [1.29, 1.82) is 0 Å². The molecule has 1 aliphatic carbocycles. The molecule has 5 nitrogen and oxygen atoms in total. The summed E-state index contributed by atoms with van der Waals surface area (Å²) in [4.78, 5) is 13.0. The number of guanidine groups is 1. The van der Waals surface area contributed by atoms with E-state index in [9.17, 15) is 0 Å². The summed E-state index contributed by atoms with van der Waals surface area (Å²) < 4.78 is 0. The molecule has 1 fully saturated rings. The average molecular weight is 352 g/mol. The Bertz CT molecular complexity index is 500. The van der Waals surface area contributed by atoms with Gasteiger partial charge in [-0.15, -0.1) is 11.3 Å². The minimum absolute atomic E-state index is 0.646. The third-order valence-electron chi connectivity index (χ3n) is 4.74. The van der Waals surface area contributed by atoms with Crippen molar-refractivity contribution in [3.8, 4) is 0 Å². The molecule has 0 spiro atoms. The third kappa shape index (κ3) is 6.06. The molecule has 24 heavy (non-hydrogen) atoms. The SMILES string of the molecule is CCNC(=NCc1nc(C)c(C)s1)NCCN(C)C1CCCCC1. The first kappa shape index (κ1) is 19.2. The number of aliphatic imine (C=N–C) groups is 1. The molecule has 1 aromatic rings. The molecule has 1 saturated carbocycles. The van der Waals surface area contributed by atoms with Crippen LogP contribution in [0.3, 0.4) is 0 Å². The second kappa shape index (κ2) is 9.99. The van der Waals surface area contributed by atoms with Crippen LogP contribution < -0.4 is 10.6 Å². The highest BCUT2D eigenvalue weighted by atomic mass is 32.1. The van der Waals surface area contributed by atoms with Crippen LogP contribution in [0, 0.1) is 13.8 Å². The zero-order valence-electron chi connectivity index (χ0n) is 15.7. The molecule has 1 heterocycles. The van der Waals surface area contributed by atoms with Crippen molar-refractivity contribution in [2.75, 3.05) is 26.7 Å². The molecule has 6 heteroatoms. The second-order valence-corrected chi connectivity index (χ2v) is 7.93. The van der Waals surface area contributed by atoms with E-state index in [0.717, 1.165) is 42.3 Å². The maximum atomic E-state index is 4.67. The fraction of sp³-hybridized carbons (Fsp3) is 0.778. The molecule has 136 valence electrons. The number of rotatable bonds is 7. The van der Waals surface area contributed by atoms with E-state index in [0.29, 0.717) is 6.54 Å². The van der Waals surface area contributed by atoms with Crippen LogP contribution in [0.1, 0.15) is 54.6 Å². The van der Waals surface area contributed by atoms with Gasteiger partial charge in [0.1, 0.15) is 5.01 Å². The predicted molar refractivity (Wildman–Crippen MR) is 104 cm³/mol. The minimum Gasteiger partial charge on any atom is -0.357 e. The molecule has 0 aliphatic heterocycles. The Morgan fingerprint density at radius 1 is 1.25 bits per heavy atom. The van der Waals surface area contributed by atoms with Gasteiger partial charge in [0.05, 0.1) is 12.2 Å². The molecule has 1 aliphatic rings. The number of aryl methyl sites for hydroxylation is 2. The normalized spacial score (nSPS) is 16.6. The van der Waals surface area contributed by atoms with Crippen molar-refractivity contribution >= 4 is 17.3 Å². The van der Waals surface area contributed by atoms with Crippen LogP contribution in [-0.4, -0.2) is 48.6 Å². The first-order valence-corrected chi connectivity index (χ1v) is 10.1. The average Bonchev–Trinajstić information content (AvgIpc) is 2.91. The van der Waals surface area contributed by atoms with E-state index in [2.05, 4.69) is 53.3 Å². The van der Waals surface area contributed by atoms with Crippen LogP contribution >= 0.6 is 11.3 Å². The molecule has 0 bridgehead atoms. The van der Waals surface area contributed by atoms with Gasteiger partial charge in [-0.1, -0.05) is 19.3 Å². The summed E-state index contributed by atoms with van der Waals surface area (Å²) in [5, 5.41) is 7.87. The summed E-state index contributed by atoms with van der Waals surface area (Å²) in [6.07, 6.45) is 6.90. The number of nitrogens with zero attached hydrogens (tertiary/aromatic N) is 3. The summed E-state index contributed by atoms with van der Waals surface area (Å²) in [5.41, 5.74) is 1.12. The number of aromatic nitrogens is 1. The van der Waals surface area contributed by atoms with E-state index in [-0.39, 0.29) is 0 Å². The van der Waals surface area contributed by atoms with E-state index < -0.39 is 0 Å². The van der Waals surface area contributed by atoms with Crippen LogP contribution in [0.2, 0.25) is 0 Å². The molecule has 2 N–H and O–H groups in total. The van der Waals surface area contributed by atoms with Crippen molar-refractivity contribution in [3.63, 3.8) is 0 Å². The highest BCUT2D eigenvalue weighted by molar-refractivity contribution is 7.11. The molecule has 0 unspecified atom stereocenters. The Labute approximate surface area is 151 Å². The van der Waals surface area contributed by atoms with Crippen molar-refractivity contribution in [1.82, 2.24) is 20.5 Å². The summed E-state index contributed by atoms with van der Waals surface area (Å²) in [6, 6.07) is 0.765. The Kier molecular flexibility index (Phi) is 7.99. The highest BCUT2D eigenvalue weighted by Gasteiger charge is 2.17. The molecule has 0 radical (unpaired) electrons. The summed E-state index contributed by atoms with van der Waals surface area (Å²) in [6.45, 7) is 9.78. The lowest BCUT2D eigenvalue weighted by molar-refractivity contribution is 0.194. The lowest BCUT2D eigenvalue weighted by Gasteiger charge is -2.31. The van der Waals surface area contributed by atoms with Crippen LogP contribution in [-0.2, 0) is 6.54 Å². The number of thiazole rings is 1. The van der Waals surface area contributed by atoms with Gasteiger partial charge in [0.15, 0.2) is 5.96 Å². The van der Waals surface area contributed by atoms with Crippen LogP contribution in [0.25, 0.3) is 0 Å². The monoisotopic (exact) mass is 351 g/mol. The van der Waals surface area contributed by atoms with Gasteiger partial charge in [-0.2, -0.15) is 0 Å². The maximum absolute atomic E-state index is 4.67. The van der Waals surface area contributed by atoms with Crippen molar-refractivity contribution < 1.29 is 0 Å². The van der Waals surface area contributed by atoms with Gasteiger partial charge in [0.2, 0.25) is 0 Å². The lowest BCUT2D eigenvalue weighted by atomic mass is 9.94. The van der Waals surface area contributed by atoms with E-state index in [4.69, 9.17) is 0 Å². The molecule has 2 rings (SSSR count). The third-order valence-corrected chi connectivity index (χ3v) is 5.80. The smallest absolute Gasteiger partial charge is 0.191 e. The molecule has 0 atom stereocenters. The highest BCUT2D eigenvalue weighted by Crippen LogP contribution is 2.21. The Hall–Kier alpha value is -1.14. The standard InChI is InChI=1S/C18H33N5S/c1-5-19-18(21-13-17-22-14(2)15(3)24-17)20-11-12-23(4)16-9-7-6-8-10-16/h16H,5-13H2,1-4H3,(H2,19,20,21). The van der Waals surface area contributed by atoms with Crippen LogP contribution in [0.4, 0.5) is 0 Å². The topological polar surface area (TPSA) is 52.6 Å². The lowest BCUT2D eigenvalue weighted by Crippen LogP contribution is -2.43. The van der Waals surface area contributed by atoms with E-state index in [1.807, 2.05) is 0 Å². The number of likely N-dealkylation sites (N-methyl/N-ethyl adjacent to an activating group) is 1. The van der Waals surface area contributed by atoms with Gasteiger partial charge >= 0.3 is 0 Å². The van der Waals surface area contributed by atoms with Crippen molar-refractivity contribution in [2.45, 2.75) is 65.5 Å². The zero-order chi connectivity index (χ0) is 17.4. The zero-order valence-corrected chi connectivity index (χ0v) is 16.5. The number of nitrogens with one attached hydrogen (secondary N) is 2. The quantitative estimate of drug-likeness (QED) is 0.585. The number of hydrogen-bond acceptors (Lipinski definition) is 4. The Morgan fingerprint density at radius 2 is 2.00 bits per heavy atom. The predicted octanol–water partition coefficient (Wildman–Crippen LogP) is 3.08. The van der Waals surface area contributed by atoms with Gasteiger partial charge < -0.3 is 15.5 Å². The first-order valence-electron chi connectivity index (χ1n) is 9.25. The second-order valence-electron chi connectivity index (χ2n) is 6.64. The van der Waals surface area contributed by atoms with E-state index >= 15 is 0 Å². The Morgan fingerprint density at radius 3 is 2.62 bits per heavy atom. The largest absolute Gasteiger partial charge is 0.357 e. The summed E-state index contributed by atoms with van der Waals surface area (Å²) in [7, 11) is 2.25. The van der Waals surface area contributed by atoms with Gasteiger partial charge in [0, 0.05) is 30.6 Å². The van der Waals surface area contributed by atoms with Gasteiger partial charge in [-0.3, -0.25) is 0 Å². The molecule has 0 saturated heterocycles. The first-order chi connectivity index (χ1) is 11.6. The fourth-order valence-corrected chi connectivity index (χ4v) is 4.01. The fourth-order valence-electron chi connectivity index (χ4n) is 3.15. The van der Waals surface area contributed by atoms with Gasteiger partial charge in [-0.25, -0.2) is 9.98 Å². The van der Waals surface area contributed by atoms with Crippen LogP contribution in [0.5, 0.6) is 0 Å². The Balaban J connectivity index is 1.78. The number of hydrogen-bond donors (Lipinski definition) is 2. The molecule has 0 amide bonds. The van der Waals surface area contributed by atoms with Crippen molar-refractivity contribution in [2.24, 2.45) is 4.99 Å². The molecule has 1 aromatic heterocycles.